The Balaban J connectivity index is 1.56. The van der Waals surface area contributed by atoms with Gasteiger partial charge in [-0.25, -0.2) is 4.63 Å². The zero-order valence-electron chi connectivity index (χ0n) is 17.2. The molecule has 0 spiro atoms. The Kier molecular flexibility index (Phi) is 4.82. The molecule has 2 atom stereocenters. The highest BCUT2D eigenvalue weighted by atomic mass is 16.6. The molecular weight excluding hydrogens is 396 g/mol. The number of ether oxygens (including phenoxy) is 2. The molecule has 0 saturated heterocycles. The third-order valence-corrected chi connectivity index (χ3v) is 5.85. The van der Waals surface area contributed by atoms with Crippen molar-refractivity contribution in [3.8, 4) is 11.5 Å². The molecule has 2 aliphatic rings. The van der Waals surface area contributed by atoms with E-state index in [2.05, 4.69) is 20.9 Å². The predicted octanol–water partition coefficient (Wildman–Crippen LogP) is 4.07. The molecule has 5 rings (SSSR count). The zero-order chi connectivity index (χ0) is 21.4. The highest BCUT2D eigenvalue weighted by Crippen LogP contribution is 2.43. The second kappa shape index (κ2) is 7.79. The smallest absolute Gasteiger partial charge is 0.219 e. The summed E-state index contributed by atoms with van der Waals surface area (Å²) in [4.78, 5) is 13.4. The van der Waals surface area contributed by atoms with Crippen LogP contribution in [-0.4, -0.2) is 30.3 Å². The second-order valence-corrected chi connectivity index (χ2v) is 7.63. The first-order valence-electron chi connectivity index (χ1n) is 10.1. The number of rotatable bonds is 4. The molecule has 8 nitrogen and oxygen atoms in total. The molecule has 1 aromatic heterocycles. The summed E-state index contributed by atoms with van der Waals surface area (Å²) in [6.07, 6.45) is 1.09. The van der Waals surface area contributed by atoms with Crippen molar-refractivity contribution in [1.82, 2.24) is 10.3 Å². The van der Waals surface area contributed by atoms with E-state index in [9.17, 15) is 4.79 Å². The summed E-state index contributed by atoms with van der Waals surface area (Å²) in [6.45, 7) is 0. The zero-order valence-corrected chi connectivity index (χ0v) is 17.2. The Hall–Kier alpha value is -3.81. The van der Waals surface area contributed by atoms with E-state index in [0.29, 0.717) is 30.1 Å². The SMILES string of the molecule is COc1ccc([C@H]2CC(=O)C3=C(C2)Nc2nonc2N[C@H]3c2cccc(OC)c2)cc1. The van der Waals surface area contributed by atoms with Crippen LogP contribution in [-0.2, 0) is 4.79 Å². The molecule has 1 aliphatic carbocycles. The third-order valence-electron chi connectivity index (χ3n) is 5.85. The molecule has 0 amide bonds. The quantitative estimate of drug-likeness (QED) is 0.654. The summed E-state index contributed by atoms with van der Waals surface area (Å²) in [5.41, 5.74) is 3.52. The molecular formula is C23H22N4O4. The Labute approximate surface area is 179 Å². The van der Waals surface area contributed by atoms with Crippen LogP contribution in [0.4, 0.5) is 11.6 Å². The van der Waals surface area contributed by atoms with Gasteiger partial charge >= 0.3 is 0 Å². The van der Waals surface area contributed by atoms with Gasteiger partial charge in [0, 0.05) is 17.7 Å². The summed E-state index contributed by atoms with van der Waals surface area (Å²) in [5.74, 6) is 2.58. The summed E-state index contributed by atoms with van der Waals surface area (Å²) in [5, 5.41) is 14.6. The minimum atomic E-state index is -0.393. The molecule has 3 aromatic rings. The highest BCUT2D eigenvalue weighted by molar-refractivity contribution is 6.00. The Morgan fingerprint density at radius 2 is 1.71 bits per heavy atom. The maximum atomic E-state index is 13.4. The van der Waals surface area contributed by atoms with Gasteiger partial charge in [0.25, 0.3) is 0 Å². The number of ketones is 1. The molecule has 0 radical (unpaired) electrons. The number of hydrogen-bond donors (Lipinski definition) is 2. The third kappa shape index (κ3) is 3.50. The maximum absolute atomic E-state index is 13.4. The molecule has 158 valence electrons. The van der Waals surface area contributed by atoms with Crippen molar-refractivity contribution < 1.29 is 18.9 Å². The van der Waals surface area contributed by atoms with E-state index in [4.69, 9.17) is 14.1 Å². The lowest BCUT2D eigenvalue weighted by atomic mass is 9.78. The molecule has 2 aromatic carbocycles. The molecule has 2 N–H and O–H groups in total. The number of carbonyl (C=O) groups excluding carboxylic acids is 1. The van der Waals surface area contributed by atoms with Gasteiger partial charge < -0.3 is 20.1 Å². The summed E-state index contributed by atoms with van der Waals surface area (Å²) in [7, 11) is 3.26. The van der Waals surface area contributed by atoms with Gasteiger partial charge in [0.1, 0.15) is 11.5 Å². The van der Waals surface area contributed by atoms with Crippen LogP contribution in [0, 0.1) is 0 Å². The minimum absolute atomic E-state index is 0.0528. The van der Waals surface area contributed by atoms with E-state index in [0.717, 1.165) is 28.3 Å². The fourth-order valence-corrected chi connectivity index (χ4v) is 4.28. The number of fused-ring (bicyclic) bond motifs is 1. The van der Waals surface area contributed by atoms with Crippen LogP contribution in [0.5, 0.6) is 11.5 Å². The Bertz CT molecular complexity index is 1150. The van der Waals surface area contributed by atoms with Gasteiger partial charge in [-0.2, -0.15) is 0 Å². The summed E-state index contributed by atoms with van der Waals surface area (Å²) >= 11 is 0. The van der Waals surface area contributed by atoms with Crippen molar-refractivity contribution >= 4 is 17.4 Å². The van der Waals surface area contributed by atoms with E-state index >= 15 is 0 Å². The van der Waals surface area contributed by atoms with Gasteiger partial charge in [0.15, 0.2) is 5.78 Å². The number of aromatic nitrogens is 2. The number of benzene rings is 2. The van der Waals surface area contributed by atoms with Crippen LogP contribution in [0.3, 0.4) is 0 Å². The summed E-state index contributed by atoms with van der Waals surface area (Å²) in [6, 6.07) is 15.1. The van der Waals surface area contributed by atoms with E-state index in [1.165, 1.54) is 0 Å². The van der Waals surface area contributed by atoms with Crippen molar-refractivity contribution in [3.05, 3.63) is 70.9 Å². The number of Topliss-reactive ketones (excluding diaryl/α,β-unsaturated/α-hetero) is 1. The lowest BCUT2D eigenvalue weighted by molar-refractivity contribution is -0.116. The number of nitrogens with one attached hydrogen (secondary N) is 2. The number of anilines is 2. The van der Waals surface area contributed by atoms with Crippen molar-refractivity contribution in [1.29, 1.82) is 0 Å². The Morgan fingerprint density at radius 3 is 2.48 bits per heavy atom. The normalized spacial score (nSPS) is 20.1. The molecule has 31 heavy (non-hydrogen) atoms. The first kappa shape index (κ1) is 19.2. The van der Waals surface area contributed by atoms with Gasteiger partial charge in [-0.05, 0) is 58.0 Å². The number of hydrogen-bond acceptors (Lipinski definition) is 8. The topological polar surface area (TPSA) is 98.5 Å². The molecule has 0 unspecified atom stereocenters. The number of allylic oxidation sites excluding steroid dienone is 1. The first-order chi connectivity index (χ1) is 15.2. The average molecular weight is 418 g/mol. The van der Waals surface area contributed by atoms with Gasteiger partial charge in [-0.1, -0.05) is 24.3 Å². The van der Waals surface area contributed by atoms with Crippen LogP contribution in [0.25, 0.3) is 0 Å². The number of carbonyl (C=O) groups is 1. The van der Waals surface area contributed by atoms with Crippen LogP contribution in [0.15, 0.2) is 64.4 Å². The molecule has 1 aliphatic heterocycles. The van der Waals surface area contributed by atoms with E-state index in [1.54, 1.807) is 14.2 Å². The van der Waals surface area contributed by atoms with E-state index < -0.39 is 6.04 Å². The first-order valence-corrected chi connectivity index (χ1v) is 10.1. The van der Waals surface area contributed by atoms with Crippen molar-refractivity contribution in [2.75, 3.05) is 24.9 Å². The van der Waals surface area contributed by atoms with Crippen molar-refractivity contribution in [3.63, 3.8) is 0 Å². The van der Waals surface area contributed by atoms with E-state index in [-0.39, 0.29) is 11.7 Å². The van der Waals surface area contributed by atoms with Crippen LogP contribution in [0.2, 0.25) is 0 Å². The lowest BCUT2D eigenvalue weighted by Crippen LogP contribution is -2.27. The van der Waals surface area contributed by atoms with E-state index in [1.807, 2.05) is 48.5 Å². The molecule has 0 fully saturated rings. The van der Waals surface area contributed by atoms with Crippen molar-refractivity contribution in [2.24, 2.45) is 0 Å². The van der Waals surface area contributed by atoms with Gasteiger partial charge in [0.05, 0.1) is 20.3 Å². The molecule has 2 heterocycles. The standard InChI is InChI=1S/C23H22N4O4/c1-29-16-8-6-13(7-9-16)15-11-18-20(19(28)12-15)21(14-4-3-5-17(10-14)30-2)25-23-22(24-18)26-31-27-23/h3-10,15,21H,11-12H2,1-2H3,(H,24,26)(H,25,27)/t15-,21+/m1/s1. The summed E-state index contributed by atoms with van der Waals surface area (Å²) < 4.78 is 15.6. The largest absolute Gasteiger partial charge is 0.497 e. The van der Waals surface area contributed by atoms with Crippen molar-refractivity contribution in [2.45, 2.75) is 24.8 Å². The van der Waals surface area contributed by atoms with Gasteiger partial charge in [0.2, 0.25) is 11.6 Å². The Morgan fingerprint density at radius 1 is 0.935 bits per heavy atom. The monoisotopic (exact) mass is 418 g/mol. The fourth-order valence-electron chi connectivity index (χ4n) is 4.28. The average Bonchev–Trinajstić information content (AvgIpc) is 3.17. The lowest BCUT2D eigenvalue weighted by Gasteiger charge is -2.29. The van der Waals surface area contributed by atoms with Crippen LogP contribution < -0.4 is 20.1 Å². The maximum Gasteiger partial charge on any atom is 0.219 e. The minimum Gasteiger partial charge on any atom is -0.497 e. The van der Waals surface area contributed by atoms with Gasteiger partial charge in [-0.15, -0.1) is 0 Å². The number of methoxy groups -OCH3 is 2. The van der Waals surface area contributed by atoms with Crippen LogP contribution in [0.1, 0.15) is 35.9 Å². The van der Waals surface area contributed by atoms with Crippen LogP contribution >= 0.6 is 0 Å². The van der Waals surface area contributed by atoms with Gasteiger partial charge in [-0.3, -0.25) is 4.79 Å². The molecule has 0 bridgehead atoms. The highest BCUT2D eigenvalue weighted by Gasteiger charge is 2.37. The molecule has 8 heteroatoms. The second-order valence-electron chi connectivity index (χ2n) is 7.63. The molecule has 0 saturated carbocycles. The number of nitrogens with zero attached hydrogens (tertiary/aromatic N) is 2. The predicted molar refractivity (Wildman–Crippen MR) is 114 cm³/mol. The fraction of sp³-hybridized carbons (Fsp3) is 0.261.